The lowest BCUT2D eigenvalue weighted by Gasteiger charge is -2.20. The molecule has 0 spiro atoms. The van der Waals surface area contributed by atoms with Gasteiger partial charge < -0.3 is 24.6 Å². The summed E-state index contributed by atoms with van der Waals surface area (Å²) in [5, 5.41) is 0. The minimum atomic E-state index is -3.89. The summed E-state index contributed by atoms with van der Waals surface area (Å²) in [6.07, 6.45) is 37.1. The average Bonchev–Trinajstić information content (AvgIpc) is 3.09. The second-order valence-corrected chi connectivity index (χ2v) is 16.6. The Morgan fingerprint density at radius 3 is 1.18 bits per heavy atom. The van der Waals surface area contributed by atoms with Crippen LogP contribution < -0.4 is 5.73 Å². The van der Waals surface area contributed by atoms with Gasteiger partial charge in [-0.05, 0) is 12.8 Å². The van der Waals surface area contributed by atoms with Gasteiger partial charge in [0.05, 0.1) is 12.8 Å². The number of rotatable bonds is 40. The highest BCUT2D eigenvalue weighted by Crippen LogP contribution is 2.41. The van der Waals surface area contributed by atoms with Gasteiger partial charge in [-0.1, -0.05) is 194 Å². The second-order valence-electron chi connectivity index (χ2n) is 14.6. The van der Waals surface area contributed by atoms with Crippen molar-refractivity contribution in [1.29, 1.82) is 0 Å². The van der Waals surface area contributed by atoms with E-state index < -0.39 is 19.7 Å². The van der Waals surface area contributed by atoms with Gasteiger partial charge in [0, 0.05) is 19.4 Å². The Bertz CT molecular complexity index is 797. The van der Waals surface area contributed by atoms with Crippen LogP contribution in [0.15, 0.2) is 0 Å². The van der Waals surface area contributed by atoms with Gasteiger partial charge in [-0.3, -0.25) is 14.2 Å². The zero-order chi connectivity index (χ0) is 36.8. The van der Waals surface area contributed by atoms with E-state index in [9.17, 15) is 19.0 Å². The lowest BCUT2D eigenvalue weighted by molar-refractivity contribution is -0.161. The van der Waals surface area contributed by atoms with Crippen LogP contribution in [-0.2, 0) is 28.2 Å². The van der Waals surface area contributed by atoms with E-state index in [0.717, 1.165) is 38.5 Å². The van der Waals surface area contributed by atoms with E-state index in [0.29, 0.717) is 6.42 Å². The van der Waals surface area contributed by atoms with Crippen LogP contribution in [0, 0.1) is 0 Å². The first-order valence-corrected chi connectivity index (χ1v) is 23.1. The maximum Gasteiger partial charge on any atom is 0.329 e. The third kappa shape index (κ3) is 36.8. The Labute approximate surface area is 309 Å². The number of unbranched alkanes of at least 4 members (excludes halogenated alkanes) is 28. The van der Waals surface area contributed by atoms with Gasteiger partial charge in [0.25, 0.3) is 0 Å². The molecule has 3 N–H and O–H groups in total. The van der Waals surface area contributed by atoms with E-state index in [2.05, 4.69) is 13.8 Å². The summed E-state index contributed by atoms with van der Waals surface area (Å²) in [7, 11) is -3.89. The molecule has 9 heteroatoms. The predicted molar refractivity (Wildman–Crippen MR) is 210 cm³/mol. The van der Waals surface area contributed by atoms with Crippen LogP contribution in [0.2, 0.25) is 0 Å². The SMILES string of the molecule is CCCCCCCCCCCCCCCCCC(=O)OC[C@@H](COP(=O)(O)CCN)OC(=O)CCCCCCCCCCCCCCCCC. The van der Waals surface area contributed by atoms with Crippen LogP contribution >= 0.6 is 7.60 Å². The maximum atomic E-state index is 12.5. The molecule has 0 saturated carbocycles. The number of hydrogen-bond acceptors (Lipinski definition) is 7. The van der Waals surface area contributed by atoms with Crippen molar-refractivity contribution in [2.45, 2.75) is 225 Å². The molecule has 0 rings (SSSR count). The standard InChI is InChI=1S/C41H82NO7P/c1-3-5-7-9-11-13-15-17-19-21-23-25-27-29-31-33-40(43)47-37-39(38-48-50(45,46)36-35-42)49-41(44)34-32-30-28-26-24-22-20-18-16-14-12-10-8-6-4-2/h39H,3-38,42H2,1-2H3,(H,45,46)/t39-/m0/s1. The Morgan fingerprint density at radius 2 is 0.840 bits per heavy atom. The van der Waals surface area contributed by atoms with E-state index in [4.69, 9.17) is 19.7 Å². The molecule has 1 unspecified atom stereocenters. The highest BCUT2D eigenvalue weighted by molar-refractivity contribution is 7.52. The first-order chi connectivity index (χ1) is 24.3. The molecule has 0 amide bonds. The van der Waals surface area contributed by atoms with E-state index in [-0.39, 0.29) is 38.3 Å². The van der Waals surface area contributed by atoms with Crippen molar-refractivity contribution in [2.75, 3.05) is 25.9 Å². The van der Waals surface area contributed by atoms with Gasteiger partial charge in [0.15, 0.2) is 6.10 Å². The first-order valence-electron chi connectivity index (χ1n) is 21.4. The van der Waals surface area contributed by atoms with Crippen molar-refractivity contribution >= 4 is 19.5 Å². The highest BCUT2D eigenvalue weighted by atomic mass is 31.2. The van der Waals surface area contributed by atoms with Crippen molar-refractivity contribution in [3.63, 3.8) is 0 Å². The normalized spacial score (nSPS) is 13.3. The maximum absolute atomic E-state index is 12.5. The molecule has 0 heterocycles. The topological polar surface area (TPSA) is 125 Å². The zero-order valence-corrected chi connectivity index (χ0v) is 33.8. The molecule has 298 valence electrons. The quantitative estimate of drug-likeness (QED) is 0.0362. The van der Waals surface area contributed by atoms with E-state index >= 15 is 0 Å². The fourth-order valence-corrected chi connectivity index (χ4v) is 7.18. The van der Waals surface area contributed by atoms with Crippen molar-refractivity contribution in [3.05, 3.63) is 0 Å². The van der Waals surface area contributed by atoms with Crippen LogP contribution in [-0.4, -0.2) is 48.9 Å². The van der Waals surface area contributed by atoms with Crippen LogP contribution in [0.3, 0.4) is 0 Å². The average molecular weight is 732 g/mol. The molecule has 0 aliphatic carbocycles. The molecular formula is C41H82NO7P. The van der Waals surface area contributed by atoms with Crippen LogP contribution in [0.4, 0.5) is 0 Å². The number of ether oxygens (including phenoxy) is 2. The molecule has 0 aliphatic rings. The third-order valence-corrected chi connectivity index (χ3v) is 10.9. The van der Waals surface area contributed by atoms with E-state index in [1.54, 1.807) is 0 Å². The van der Waals surface area contributed by atoms with E-state index in [1.807, 2.05) is 0 Å². The summed E-state index contributed by atoms with van der Waals surface area (Å²) in [5.74, 6) is -0.754. The van der Waals surface area contributed by atoms with Gasteiger partial charge in [-0.15, -0.1) is 0 Å². The van der Waals surface area contributed by atoms with Gasteiger partial charge in [0.2, 0.25) is 0 Å². The molecular weight excluding hydrogens is 649 g/mol. The molecule has 0 fully saturated rings. The lowest BCUT2D eigenvalue weighted by atomic mass is 10.0. The fourth-order valence-electron chi connectivity index (χ4n) is 6.33. The molecule has 0 radical (unpaired) electrons. The zero-order valence-electron chi connectivity index (χ0n) is 33.0. The third-order valence-electron chi connectivity index (χ3n) is 9.57. The number of hydrogen-bond donors (Lipinski definition) is 2. The summed E-state index contributed by atoms with van der Waals surface area (Å²) >= 11 is 0. The molecule has 0 aliphatic heterocycles. The number of esters is 2. The molecule has 0 aromatic carbocycles. The Hall–Kier alpha value is -0.950. The molecule has 0 aromatic rings. The van der Waals surface area contributed by atoms with Crippen molar-refractivity contribution in [2.24, 2.45) is 5.73 Å². The Balaban J connectivity index is 4.04. The molecule has 0 bridgehead atoms. The van der Waals surface area contributed by atoms with Gasteiger partial charge in [-0.2, -0.15) is 0 Å². The van der Waals surface area contributed by atoms with Crippen LogP contribution in [0.25, 0.3) is 0 Å². The molecule has 8 nitrogen and oxygen atoms in total. The molecule has 50 heavy (non-hydrogen) atoms. The fraction of sp³-hybridized carbons (Fsp3) is 0.951. The molecule has 2 atom stereocenters. The van der Waals surface area contributed by atoms with Gasteiger partial charge in [0.1, 0.15) is 6.61 Å². The largest absolute Gasteiger partial charge is 0.462 e. The summed E-state index contributed by atoms with van der Waals surface area (Å²) < 4.78 is 28.2. The van der Waals surface area contributed by atoms with Gasteiger partial charge >= 0.3 is 19.5 Å². The number of carbonyl (C=O) groups is 2. The van der Waals surface area contributed by atoms with Crippen molar-refractivity contribution in [3.8, 4) is 0 Å². The Kier molecular flexibility index (Phi) is 37.1. The minimum Gasteiger partial charge on any atom is -0.462 e. The highest BCUT2D eigenvalue weighted by Gasteiger charge is 2.24. The van der Waals surface area contributed by atoms with Gasteiger partial charge in [-0.25, -0.2) is 0 Å². The monoisotopic (exact) mass is 732 g/mol. The Morgan fingerprint density at radius 1 is 0.520 bits per heavy atom. The van der Waals surface area contributed by atoms with Crippen LogP contribution in [0.5, 0.6) is 0 Å². The first kappa shape index (κ1) is 49.0. The van der Waals surface area contributed by atoms with E-state index in [1.165, 1.54) is 154 Å². The van der Waals surface area contributed by atoms with Crippen molar-refractivity contribution < 1.29 is 33.0 Å². The lowest BCUT2D eigenvalue weighted by Crippen LogP contribution is -2.29. The number of nitrogens with two attached hydrogens (primary N) is 1. The van der Waals surface area contributed by atoms with Crippen molar-refractivity contribution in [1.82, 2.24) is 0 Å². The second kappa shape index (κ2) is 37.8. The summed E-state index contributed by atoms with van der Waals surface area (Å²) in [6.45, 7) is 4.02. The molecule has 0 saturated heterocycles. The smallest absolute Gasteiger partial charge is 0.329 e. The number of carbonyl (C=O) groups excluding carboxylic acids is 2. The minimum absolute atomic E-state index is 0.00562. The molecule has 0 aromatic heterocycles. The van der Waals surface area contributed by atoms with Crippen LogP contribution in [0.1, 0.15) is 219 Å². The predicted octanol–water partition coefficient (Wildman–Crippen LogP) is 12.1. The summed E-state index contributed by atoms with van der Waals surface area (Å²) in [6, 6.07) is 0. The summed E-state index contributed by atoms with van der Waals surface area (Å²) in [4.78, 5) is 34.9. The summed E-state index contributed by atoms with van der Waals surface area (Å²) in [5.41, 5.74) is 5.41.